The molecule has 1 aliphatic heterocycles. The first-order valence-electron chi connectivity index (χ1n) is 6.59. The Labute approximate surface area is 113 Å². The van der Waals surface area contributed by atoms with E-state index in [1.165, 1.54) is 0 Å². The minimum absolute atomic E-state index is 0.0391. The Morgan fingerprint density at radius 1 is 0.889 bits per heavy atom. The molecular formula is C14H19NO2Pb. The molecule has 0 atom stereocenters. The molecule has 1 aromatic carbocycles. The van der Waals surface area contributed by atoms with Crippen LogP contribution in [-0.4, -0.2) is 36.0 Å². The molecule has 1 aromatic rings. The summed E-state index contributed by atoms with van der Waals surface area (Å²) in [6.07, 6.45) is 0. The fourth-order valence-corrected chi connectivity index (χ4v) is 16.6. The molecule has 4 heteroatoms. The first kappa shape index (κ1) is 13.7. The van der Waals surface area contributed by atoms with Crippen molar-refractivity contribution in [2.45, 2.75) is 32.7 Å². The average Bonchev–Trinajstić information content (AvgIpc) is 2.67. The second-order valence-electron chi connectivity index (χ2n) is 4.78. The van der Waals surface area contributed by atoms with Crippen LogP contribution in [-0.2, 0) is 0 Å². The van der Waals surface area contributed by atoms with Gasteiger partial charge >= 0.3 is 114 Å². The molecule has 0 bridgehead atoms. The molecule has 0 spiro atoms. The number of rotatable bonds is 4. The van der Waals surface area contributed by atoms with E-state index >= 15 is 0 Å². The molecule has 2 rings (SSSR count). The van der Waals surface area contributed by atoms with Crippen LogP contribution in [0.15, 0.2) is 24.3 Å². The van der Waals surface area contributed by atoms with Gasteiger partial charge in [0.25, 0.3) is 0 Å². The number of carbonyl (C=O) groups is 2. The van der Waals surface area contributed by atoms with Crippen LogP contribution in [0.25, 0.3) is 0 Å². The number of imide groups is 1. The predicted molar refractivity (Wildman–Crippen MR) is 74.1 cm³/mol. The van der Waals surface area contributed by atoms with Crippen LogP contribution in [0.1, 0.15) is 41.5 Å². The summed E-state index contributed by atoms with van der Waals surface area (Å²) in [6, 6.07) is 7.20. The van der Waals surface area contributed by atoms with Crippen molar-refractivity contribution >= 4 is 33.3 Å². The Morgan fingerprint density at radius 2 is 1.28 bits per heavy atom. The molecule has 96 valence electrons. The molecule has 1 aliphatic rings. The monoisotopic (exact) mass is 441 g/mol. The molecule has 0 N–H and O–H groups in total. The number of amides is 2. The standard InChI is InChI=1S/C8H5NO2.3C2H5.Pb/c10-7-5-3-1-2-4-6(5)8(11)9-7;3*1-2;/h1-4H,(H,9,10,11);3*1H2,2H3;/q;;;;+1/p-1. The predicted octanol–water partition coefficient (Wildman–Crippen LogP) is 3.29. The Hall–Kier alpha value is -0.718. The molecule has 0 aliphatic carbocycles. The number of nitrogens with zero attached hydrogens (tertiary/aromatic N) is 1. The Kier molecular flexibility index (Phi) is 3.89. The van der Waals surface area contributed by atoms with Crippen molar-refractivity contribution < 1.29 is 9.59 Å². The van der Waals surface area contributed by atoms with Crippen LogP contribution < -0.4 is 0 Å². The second-order valence-corrected chi connectivity index (χ2v) is 24.3. The number of hydrogen-bond acceptors (Lipinski definition) is 2. The quantitative estimate of drug-likeness (QED) is 0.532. The van der Waals surface area contributed by atoms with Crippen molar-refractivity contribution in [1.29, 1.82) is 0 Å². The summed E-state index contributed by atoms with van der Waals surface area (Å²) in [5.74, 6) is -0.0781. The third kappa shape index (κ3) is 1.83. The minimum atomic E-state index is -2.95. The van der Waals surface area contributed by atoms with Crippen LogP contribution in [0.4, 0.5) is 0 Å². The first-order chi connectivity index (χ1) is 8.61. The SMILES string of the molecule is C[CH2][Pb]([CH2]C)([CH2]C)[N]1C(=O)c2ccccc2C1=O. The van der Waals surface area contributed by atoms with E-state index in [4.69, 9.17) is 0 Å². The van der Waals surface area contributed by atoms with E-state index in [0.29, 0.717) is 11.1 Å². The fraction of sp³-hybridized carbons (Fsp3) is 0.429. The molecule has 0 aromatic heterocycles. The van der Waals surface area contributed by atoms with E-state index in [1.54, 1.807) is 14.8 Å². The van der Waals surface area contributed by atoms with Crippen LogP contribution >= 0.6 is 0 Å². The van der Waals surface area contributed by atoms with E-state index in [1.807, 2.05) is 12.1 Å². The first-order valence-corrected chi connectivity index (χ1v) is 16.6. The number of benzene rings is 1. The third-order valence-corrected chi connectivity index (χ3v) is 24.9. The zero-order valence-electron chi connectivity index (χ0n) is 11.2. The van der Waals surface area contributed by atoms with Gasteiger partial charge in [-0.2, -0.15) is 0 Å². The van der Waals surface area contributed by atoms with Gasteiger partial charge in [0.15, 0.2) is 0 Å². The Balaban J connectivity index is 2.51. The van der Waals surface area contributed by atoms with Crippen molar-refractivity contribution in [2.24, 2.45) is 0 Å². The summed E-state index contributed by atoms with van der Waals surface area (Å²) in [5.41, 5.74) is 1.20. The van der Waals surface area contributed by atoms with Gasteiger partial charge in [0.05, 0.1) is 0 Å². The van der Waals surface area contributed by atoms with Gasteiger partial charge in [-0.25, -0.2) is 0 Å². The molecule has 0 saturated carbocycles. The summed E-state index contributed by atoms with van der Waals surface area (Å²) < 4.78 is 4.76. The topological polar surface area (TPSA) is 37.4 Å². The van der Waals surface area contributed by atoms with Gasteiger partial charge in [-0.1, -0.05) is 0 Å². The average molecular weight is 441 g/mol. The van der Waals surface area contributed by atoms with Gasteiger partial charge in [-0.3, -0.25) is 0 Å². The Bertz CT molecular complexity index is 451. The fourth-order valence-electron chi connectivity index (χ4n) is 2.84. The summed E-state index contributed by atoms with van der Waals surface area (Å²) >= 11 is -2.95. The molecule has 0 saturated heterocycles. The van der Waals surface area contributed by atoms with Crippen molar-refractivity contribution in [3.05, 3.63) is 35.4 Å². The van der Waals surface area contributed by atoms with Crippen molar-refractivity contribution in [3.63, 3.8) is 0 Å². The van der Waals surface area contributed by atoms with E-state index in [0.717, 1.165) is 11.9 Å². The molecule has 3 nitrogen and oxygen atoms in total. The van der Waals surface area contributed by atoms with Crippen LogP contribution in [0, 0.1) is 0 Å². The number of carbonyl (C=O) groups excluding carboxylic acids is 2. The van der Waals surface area contributed by atoms with Gasteiger partial charge in [0.2, 0.25) is 0 Å². The van der Waals surface area contributed by atoms with Crippen molar-refractivity contribution in [3.8, 4) is 0 Å². The van der Waals surface area contributed by atoms with Crippen LogP contribution in [0.2, 0.25) is 11.9 Å². The molecule has 0 fully saturated rings. The van der Waals surface area contributed by atoms with E-state index < -0.39 is 21.5 Å². The summed E-state index contributed by atoms with van der Waals surface area (Å²) in [5, 5.41) is 0. The Morgan fingerprint density at radius 3 is 1.61 bits per heavy atom. The van der Waals surface area contributed by atoms with Gasteiger partial charge in [-0.05, 0) is 0 Å². The molecule has 18 heavy (non-hydrogen) atoms. The maximum atomic E-state index is 12.5. The van der Waals surface area contributed by atoms with Crippen molar-refractivity contribution in [2.75, 3.05) is 0 Å². The summed E-state index contributed by atoms with van der Waals surface area (Å²) in [6.45, 7) is 6.41. The van der Waals surface area contributed by atoms with Crippen molar-refractivity contribution in [1.82, 2.24) is 2.71 Å². The summed E-state index contributed by atoms with van der Waals surface area (Å²) in [7, 11) is 0. The molecule has 0 radical (unpaired) electrons. The van der Waals surface area contributed by atoms with Crippen LogP contribution in [0.3, 0.4) is 0 Å². The second kappa shape index (κ2) is 5.11. The third-order valence-electron chi connectivity index (χ3n) is 4.24. The zero-order valence-corrected chi connectivity index (χ0v) is 15.1. The number of fused-ring (bicyclic) bond motifs is 1. The summed E-state index contributed by atoms with van der Waals surface area (Å²) in [4.78, 5) is 25.0. The van der Waals surface area contributed by atoms with Gasteiger partial charge in [0, 0.05) is 0 Å². The molecule has 1 heterocycles. The molecule has 0 unspecified atom stereocenters. The van der Waals surface area contributed by atoms with Gasteiger partial charge in [0.1, 0.15) is 0 Å². The van der Waals surface area contributed by atoms with Gasteiger partial charge < -0.3 is 0 Å². The molecular weight excluding hydrogens is 421 g/mol. The normalized spacial score (nSPS) is 15.2. The van der Waals surface area contributed by atoms with E-state index in [-0.39, 0.29) is 11.8 Å². The maximum absolute atomic E-state index is 12.5. The van der Waals surface area contributed by atoms with Crippen LogP contribution in [0.5, 0.6) is 0 Å². The van der Waals surface area contributed by atoms with E-state index in [2.05, 4.69) is 20.8 Å². The van der Waals surface area contributed by atoms with E-state index in [9.17, 15) is 9.59 Å². The zero-order chi connectivity index (χ0) is 13.3. The number of hydrogen-bond donors (Lipinski definition) is 0. The van der Waals surface area contributed by atoms with Gasteiger partial charge in [-0.15, -0.1) is 0 Å². The molecule has 2 amide bonds.